The number of aromatic nitrogens is 2. The zero-order chi connectivity index (χ0) is 15.0. The highest BCUT2D eigenvalue weighted by Gasteiger charge is 2.38. The summed E-state index contributed by atoms with van der Waals surface area (Å²) in [6, 6.07) is 6.96. The minimum Gasteiger partial charge on any atom is -0.480 e. The van der Waals surface area contributed by atoms with E-state index in [-0.39, 0.29) is 6.10 Å². The van der Waals surface area contributed by atoms with Gasteiger partial charge in [0.25, 0.3) is 0 Å². The third-order valence-electron chi connectivity index (χ3n) is 3.87. The highest BCUT2D eigenvalue weighted by atomic mass is 16.5. The molecule has 1 saturated heterocycles. The number of methoxy groups -OCH3 is 1. The monoisotopic (exact) mass is 287 g/mol. The van der Waals surface area contributed by atoms with Crippen molar-refractivity contribution in [1.82, 2.24) is 9.97 Å². The third-order valence-corrected chi connectivity index (χ3v) is 3.87. The van der Waals surface area contributed by atoms with Crippen LogP contribution in [-0.2, 0) is 9.53 Å². The lowest BCUT2D eigenvalue weighted by molar-refractivity contribution is -0.138. The molecule has 2 atom stereocenters. The lowest BCUT2D eigenvalue weighted by Crippen LogP contribution is -2.37. The van der Waals surface area contributed by atoms with Crippen LogP contribution in [0.15, 0.2) is 24.3 Å². The average Bonchev–Trinajstić information content (AvgIpc) is 2.91. The fraction of sp³-hybridized carbons (Fsp3) is 0.400. The number of nitrogens with zero attached hydrogens (tertiary/aromatic N) is 3. The van der Waals surface area contributed by atoms with Crippen molar-refractivity contribution in [3.8, 4) is 0 Å². The number of benzene rings is 1. The van der Waals surface area contributed by atoms with Crippen LogP contribution >= 0.6 is 0 Å². The molecule has 0 radical (unpaired) electrons. The molecule has 1 aliphatic heterocycles. The Bertz CT molecular complexity index is 689. The molecule has 6 heteroatoms. The quantitative estimate of drug-likeness (QED) is 0.924. The van der Waals surface area contributed by atoms with E-state index in [4.69, 9.17) is 4.74 Å². The molecular weight excluding hydrogens is 270 g/mol. The van der Waals surface area contributed by atoms with Crippen molar-refractivity contribution in [2.75, 3.05) is 18.6 Å². The largest absolute Gasteiger partial charge is 0.480 e. The number of aryl methyl sites for hydroxylation is 1. The lowest BCUT2D eigenvalue weighted by Gasteiger charge is -2.23. The van der Waals surface area contributed by atoms with Crippen molar-refractivity contribution < 1.29 is 14.6 Å². The Hall–Kier alpha value is -2.21. The van der Waals surface area contributed by atoms with Crippen LogP contribution in [0.1, 0.15) is 12.1 Å². The smallest absolute Gasteiger partial charge is 0.326 e. The first kappa shape index (κ1) is 13.8. The first-order valence-corrected chi connectivity index (χ1v) is 6.85. The van der Waals surface area contributed by atoms with Crippen LogP contribution in [0, 0.1) is 6.92 Å². The van der Waals surface area contributed by atoms with Gasteiger partial charge in [-0.05, 0) is 19.1 Å². The van der Waals surface area contributed by atoms with Gasteiger partial charge in [-0.1, -0.05) is 12.1 Å². The Morgan fingerprint density at radius 1 is 1.33 bits per heavy atom. The van der Waals surface area contributed by atoms with Gasteiger partial charge in [-0.15, -0.1) is 0 Å². The van der Waals surface area contributed by atoms with Gasteiger partial charge in [-0.25, -0.2) is 14.8 Å². The number of carbonyl (C=O) groups is 1. The molecule has 0 aliphatic carbocycles. The van der Waals surface area contributed by atoms with E-state index in [1.54, 1.807) is 12.0 Å². The van der Waals surface area contributed by atoms with Crippen molar-refractivity contribution in [2.24, 2.45) is 0 Å². The van der Waals surface area contributed by atoms with Gasteiger partial charge in [0.15, 0.2) is 5.82 Å². The number of hydrogen-bond donors (Lipinski definition) is 1. The highest BCUT2D eigenvalue weighted by Crippen LogP contribution is 2.29. The molecule has 1 fully saturated rings. The molecular formula is C15H17N3O3. The second kappa shape index (κ2) is 5.29. The Labute approximate surface area is 122 Å². The molecule has 1 aromatic heterocycles. The first-order chi connectivity index (χ1) is 10.1. The number of carboxylic acid groups (broad SMARTS) is 1. The number of anilines is 1. The Balaban J connectivity index is 2.05. The minimum absolute atomic E-state index is 0.0984. The number of rotatable bonds is 3. The molecule has 2 unspecified atom stereocenters. The number of ether oxygens (including phenoxy) is 1. The summed E-state index contributed by atoms with van der Waals surface area (Å²) in [6.45, 7) is 2.37. The maximum absolute atomic E-state index is 11.5. The standard InChI is InChI=1S/C15H17N3O3/c1-9-14(17-12-6-4-3-5-11(12)16-9)18-8-10(21-2)7-13(18)15(19)20/h3-6,10,13H,7-8H2,1-2H3,(H,19,20). The molecule has 21 heavy (non-hydrogen) atoms. The van der Waals surface area contributed by atoms with Crippen molar-refractivity contribution in [3.05, 3.63) is 30.0 Å². The Morgan fingerprint density at radius 3 is 2.62 bits per heavy atom. The molecule has 1 N–H and O–H groups in total. The number of fused-ring (bicyclic) bond motifs is 1. The second-order valence-corrected chi connectivity index (χ2v) is 5.22. The van der Waals surface area contributed by atoms with E-state index in [0.29, 0.717) is 18.8 Å². The van der Waals surface area contributed by atoms with E-state index >= 15 is 0 Å². The number of para-hydroxylation sites is 2. The van der Waals surface area contributed by atoms with Crippen LogP contribution in [0.25, 0.3) is 11.0 Å². The molecule has 3 rings (SSSR count). The van der Waals surface area contributed by atoms with Gasteiger partial charge in [-0.3, -0.25) is 0 Å². The van der Waals surface area contributed by atoms with Gasteiger partial charge >= 0.3 is 5.97 Å². The number of carboxylic acids is 1. The third kappa shape index (κ3) is 2.42. The Morgan fingerprint density at radius 2 is 2.00 bits per heavy atom. The molecule has 0 bridgehead atoms. The van der Waals surface area contributed by atoms with Gasteiger partial charge < -0.3 is 14.7 Å². The molecule has 0 amide bonds. The maximum atomic E-state index is 11.5. The summed E-state index contributed by atoms with van der Waals surface area (Å²) in [4.78, 5) is 22.4. The molecule has 1 aromatic carbocycles. The zero-order valence-corrected chi connectivity index (χ0v) is 12.0. The van der Waals surface area contributed by atoms with Crippen LogP contribution in [0.2, 0.25) is 0 Å². The second-order valence-electron chi connectivity index (χ2n) is 5.22. The van der Waals surface area contributed by atoms with Crippen molar-refractivity contribution in [3.63, 3.8) is 0 Å². The summed E-state index contributed by atoms with van der Waals surface area (Å²) in [6.07, 6.45) is 0.360. The number of aliphatic carboxylic acids is 1. The van der Waals surface area contributed by atoms with E-state index in [9.17, 15) is 9.90 Å². The fourth-order valence-corrected chi connectivity index (χ4v) is 2.79. The van der Waals surface area contributed by atoms with Crippen LogP contribution in [0.5, 0.6) is 0 Å². The van der Waals surface area contributed by atoms with E-state index < -0.39 is 12.0 Å². The summed E-state index contributed by atoms with van der Waals surface area (Å²) in [5.41, 5.74) is 2.31. The van der Waals surface area contributed by atoms with Crippen LogP contribution < -0.4 is 4.90 Å². The predicted molar refractivity (Wildman–Crippen MR) is 78.5 cm³/mol. The minimum atomic E-state index is -0.857. The maximum Gasteiger partial charge on any atom is 0.326 e. The molecule has 110 valence electrons. The normalized spacial score (nSPS) is 21.9. The van der Waals surface area contributed by atoms with Gasteiger partial charge in [0.1, 0.15) is 6.04 Å². The summed E-state index contributed by atoms with van der Waals surface area (Å²) < 4.78 is 5.32. The molecule has 1 aliphatic rings. The Kier molecular flexibility index (Phi) is 3.47. The van der Waals surface area contributed by atoms with Gasteiger partial charge in [0.05, 0.1) is 22.8 Å². The zero-order valence-electron chi connectivity index (χ0n) is 12.0. The van der Waals surface area contributed by atoms with E-state index in [0.717, 1.165) is 16.7 Å². The van der Waals surface area contributed by atoms with Crippen molar-refractivity contribution in [1.29, 1.82) is 0 Å². The van der Waals surface area contributed by atoms with Gasteiger partial charge in [0, 0.05) is 20.1 Å². The molecule has 0 spiro atoms. The summed E-state index contributed by atoms with van der Waals surface area (Å²) >= 11 is 0. The van der Waals surface area contributed by atoms with Crippen molar-refractivity contribution >= 4 is 22.8 Å². The van der Waals surface area contributed by atoms with E-state index in [2.05, 4.69) is 9.97 Å². The summed E-state index contributed by atoms with van der Waals surface area (Å²) in [5.74, 6) is -0.232. The summed E-state index contributed by atoms with van der Waals surface area (Å²) in [7, 11) is 1.60. The van der Waals surface area contributed by atoms with Gasteiger partial charge in [0.2, 0.25) is 0 Å². The fourth-order valence-electron chi connectivity index (χ4n) is 2.79. The average molecular weight is 287 g/mol. The van der Waals surface area contributed by atoms with Crippen LogP contribution in [-0.4, -0.2) is 46.8 Å². The van der Waals surface area contributed by atoms with E-state index in [1.807, 2.05) is 31.2 Å². The number of hydrogen-bond acceptors (Lipinski definition) is 5. The van der Waals surface area contributed by atoms with Crippen molar-refractivity contribution in [2.45, 2.75) is 25.5 Å². The van der Waals surface area contributed by atoms with Crippen LogP contribution in [0.3, 0.4) is 0 Å². The molecule has 2 heterocycles. The highest BCUT2D eigenvalue weighted by molar-refractivity contribution is 5.81. The lowest BCUT2D eigenvalue weighted by atomic mass is 10.2. The van der Waals surface area contributed by atoms with E-state index in [1.165, 1.54) is 0 Å². The molecule has 6 nitrogen and oxygen atoms in total. The SMILES string of the molecule is COC1CC(C(=O)O)N(c2nc3ccccc3nc2C)C1. The first-order valence-electron chi connectivity index (χ1n) is 6.85. The molecule has 0 saturated carbocycles. The topological polar surface area (TPSA) is 75.6 Å². The van der Waals surface area contributed by atoms with Gasteiger partial charge in [-0.2, -0.15) is 0 Å². The summed E-state index contributed by atoms with van der Waals surface area (Å²) in [5, 5.41) is 9.42. The van der Waals surface area contributed by atoms with Crippen LogP contribution in [0.4, 0.5) is 5.82 Å². The molecule has 2 aromatic rings. The predicted octanol–water partition coefficient (Wildman–Crippen LogP) is 1.62.